The lowest BCUT2D eigenvalue weighted by atomic mass is 9.96. The Hall–Kier alpha value is -1.59. The summed E-state index contributed by atoms with van der Waals surface area (Å²) in [6.45, 7) is 7.05. The molecule has 2 aliphatic rings. The number of piperidine rings is 2. The summed E-state index contributed by atoms with van der Waals surface area (Å²) in [7, 11) is 0. The van der Waals surface area contributed by atoms with Crippen LogP contribution in [0.2, 0.25) is 0 Å². The van der Waals surface area contributed by atoms with Gasteiger partial charge in [-0.1, -0.05) is 37.6 Å². The SMILES string of the molecule is CC1CCN(C(=O)NCc2ccccc2CN2CCCCC2)CC1O. The monoisotopic (exact) mass is 345 g/mol. The molecule has 0 aromatic heterocycles. The highest BCUT2D eigenvalue weighted by atomic mass is 16.3. The summed E-state index contributed by atoms with van der Waals surface area (Å²) < 4.78 is 0. The van der Waals surface area contributed by atoms with Crippen molar-refractivity contribution in [2.45, 2.75) is 51.8 Å². The summed E-state index contributed by atoms with van der Waals surface area (Å²) in [5.41, 5.74) is 2.49. The van der Waals surface area contributed by atoms with Gasteiger partial charge in [0, 0.05) is 26.2 Å². The van der Waals surface area contributed by atoms with Crippen molar-refractivity contribution in [1.29, 1.82) is 0 Å². The zero-order valence-corrected chi connectivity index (χ0v) is 15.3. The third-order valence-corrected chi connectivity index (χ3v) is 5.60. The van der Waals surface area contributed by atoms with Gasteiger partial charge in [0.25, 0.3) is 0 Å². The summed E-state index contributed by atoms with van der Waals surface area (Å²) in [4.78, 5) is 16.7. The molecule has 25 heavy (non-hydrogen) atoms. The zero-order valence-electron chi connectivity index (χ0n) is 15.3. The van der Waals surface area contributed by atoms with Crippen LogP contribution in [0.4, 0.5) is 4.79 Å². The van der Waals surface area contributed by atoms with Crippen LogP contribution in [-0.2, 0) is 13.1 Å². The number of β-amino-alcohol motifs (C(OH)–C–C–N with tert-alkyl or cyclic N) is 1. The molecule has 1 aromatic carbocycles. The Bertz CT molecular complexity index is 572. The van der Waals surface area contributed by atoms with E-state index in [1.165, 1.54) is 43.5 Å². The van der Waals surface area contributed by atoms with Gasteiger partial charge in [0.05, 0.1) is 6.10 Å². The van der Waals surface area contributed by atoms with Crippen molar-refractivity contribution in [2.24, 2.45) is 5.92 Å². The van der Waals surface area contributed by atoms with Crippen LogP contribution in [0.5, 0.6) is 0 Å². The Morgan fingerprint density at radius 1 is 1.16 bits per heavy atom. The van der Waals surface area contributed by atoms with Gasteiger partial charge < -0.3 is 15.3 Å². The highest BCUT2D eigenvalue weighted by molar-refractivity contribution is 5.74. The summed E-state index contributed by atoms with van der Waals surface area (Å²) in [5.74, 6) is 0.273. The van der Waals surface area contributed by atoms with Crippen LogP contribution in [0, 0.1) is 5.92 Å². The second kappa shape index (κ2) is 8.68. The Morgan fingerprint density at radius 2 is 1.88 bits per heavy atom. The average molecular weight is 345 g/mol. The van der Waals surface area contributed by atoms with E-state index in [9.17, 15) is 9.90 Å². The molecule has 1 aromatic rings. The van der Waals surface area contributed by atoms with Gasteiger partial charge >= 0.3 is 6.03 Å². The predicted molar refractivity (Wildman–Crippen MR) is 99.2 cm³/mol. The first-order valence-electron chi connectivity index (χ1n) is 9.63. The largest absolute Gasteiger partial charge is 0.391 e. The van der Waals surface area contributed by atoms with E-state index < -0.39 is 6.10 Å². The summed E-state index contributed by atoms with van der Waals surface area (Å²) in [6.07, 6.45) is 4.36. The number of hydrogen-bond acceptors (Lipinski definition) is 3. The molecule has 2 saturated heterocycles. The third-order valence-electron chi connectivity index (χ3n) is 5.60. The molecule has 0 saturated carbocycles. The maximum Gasteiger partial charge on any atom is 0.317 e. The average Bonchev–Trinajstić information content (AvgIpc) is 2.64. The minimum Gasteiger partial charge on any atom is -0.391 e. The Balaban J connectivity index is 1.55. The number of nitrogens with one attached hydrogen (secondary N) is 1. The summed E-state index contributed by atoms with van der Waals surface area (Å²) in [5, 5.41) is 13.0. The van der Waals surface area contributed by atoms with E-state index in [1.807, 2.05) is 13.0 Å². The molecule has 0 spiro atoms. The molecule has 138 valence electrons. The van der Waals surface area contributed by atoms with Crippen LogP contribution < -0.4 is 5.32 Å². The first kappa shape index (κ1) is 18.2. The molecule has 2 heterocycles. The van der Waals surface area contributed by atoms with Crippen LogP contribution >= 0.6 is 0 Å². The molecular formula is C20H31N3O2. The van der Waals surface area contributed by atoms with Gasteiger partial charge in [-0.25, -0.2) is 4.79 Å². The molecule has 0 aliphatic carbocycles. The fraction of sp³-hybridized carbons (Fsp3) is 0.650. The van der Waals surface area contributed by atoms with Crippen molar-refractivity contribution >= 4 is 6.03 Å². The maximum atomic E-state index is 12.4. The van der Waals surface area contributed by atoms with Crippen molar-refractivity contribution in [3.8, 4) is 0 Å². The van der Waals surface area contributed by atoms with Gasteiger partial charge in [-0.2, -0.15) is 0 Å². The highest BCUT2D eigenvalue weighted by Crippen LogP contribution is 2.18. The molecule has 2 N–H and O–H groups in total. The first-order chi connectivity index (χ1) is 12.1. The van der Waals surface area contributed by atoms with E-state index in [0.717, 1.165) is 19.5 Å². The molecule has 5 nitrogen and oxygen atoms in total. The first-order valence-corrected chi connectivity index (χ1v) is 9.63. The number of amides is 2. The molecule has 0 bridgehead atoms. The standard InChI is InChI=1S/C20H31N3O2/c1-16-9-12-23(15-19(16)24)20(25)21-13-17-7-3-4-8-18(17)14-22-10-5-2-6-11-22/h3-4,7-8,16,19,24H,2,5-6,9-15H2,1H3,(H,21,25). The Labute approximate surface area is 151 Å². The van der Waals surface area contributed by atoms with Crippen LogP contribution in [0.25, 0.3) is 0 Å². The van der Waals surface area contributed by atoms with Crippen molar-refractivity contribution in [2.75, 3.05) is 26.2 Å². The van der Waals surface area contributed by atoms with Gasteiger partial charge in [-0.15, -0.1) is 0 Å². The number of aliphatic hydroxyl groups excluding tert-OH is 1. The topological polar surface area (TPSA) is 55.8 Å². The van der Waals surface area contributed by atoms with Crippen molar-refractivity contribution in [3.63, 3.8) is 0 Å². The number of benzene rings is 1. The van der Waals surface area contributed by atoms with Gasteiger partial charge in [0.1, 0.15) is 0 Å². The van der Waals surface area contributed by atoms with Gasteiger partial charge in [-0.05, 0) is 49.4 Å². The van der Waals surface area contributed by atoms with E-state index >= 15 is 0 Å². The molecule has 2 aliphatic heterocycles. The molecule has 2 amide bonds. The fourth-order valence-electron chi connectivity index (χ4n) is 3.76. The molecule has 3 rings (SSSR count). The zero-order chi connectivity index (χ0) is 17.6. The molecule has 2 fully saturated rings. The number of rotatable bonds is 4. The van der Waals surface area contributed by atoms with Gasteiger partial charge in [0.2, 0.25) is 0 Å². The Morgan fingerprint density at radius 3 is 2.60 bits per heavy atom. The normalized spacial score (nSPS) is 25.0. The minimum absolute atomic E-state index is 0.0706. The van der Waals surface area contributed by atoms with Crippen molar-refractivity contribution in [3.05, 3.63) is 35.4 Å². The molecule has 2 atom stereocenters. The quantitative estimate of drug-likeness (QED) is 0.882. The second-order valence-corrected chi connectivity index (χ2v) is 7.54. The van der Waals surface area contributed by atoms with E-state index in [2.05, 4.69) is 28.4 Å². The van der Waals surface area contributed by atoms with Crippen LogP contribution in [0.1, 0.15) is 43.7 Å². The summed E-state index contributed by atoms with van der Waals surface area (Å²) in [6, 6.07) is 8.31. The lowest BCUT2D eigenvalue weighted by Crippen LogP contribution is -2.49. The number of likely N-dealkylation sites (tertiary alicyclic amines) is 2. The smallest absolute Gasteiger partial charge is 0.317 e. The highest BCUT2D eigenvalue weighted by Gasteiger charge is 2.27. The number of carbonyl (C=O) groups is 1. The van der Waals surface area contributed by atoms with Crippen LogP contribution in [0.15, 0.2) is 24.3 Å². The van der Waals surface area contributed by atoms with E-state index in [-0.39, 0.29) is 11.9 Å². The predicted octanol–water partition coefficient (Wildman–Crippen LogP) is 2.58. The molecule has 0 radical (unpaired) electrons. The van der Waals surface area contributed by atoms with Crippen molar-refractivity contribution < 1.29 is 9.90 Å². The molecule has 5 heteroatoms. The number of hydrogen-bond donors (Lipinski definition) is 2. The van der Waals surface area contributed by atoms with Crippen LogP contribution in [-0.4, -0.2) is 53.2 Å². The second-order valence-electron chi connectivity index (χ2n) is 7.54. The van der Waals surface area contributed by atoms with E-state index in [0.29, 0.717) is 13.1 Å². The van der Waals surface area contributed by atoms with E-state index in [1.54, 1.807) is 4.90 Å². The van der Waals surface area contributed by atoms with Crippen molar-refractivity contribution in [1.82, 2.24) is 15.1 Å². The van der Waals surface area contributed by atoms with Crippen LogP contribution in [0.3, 0.4) is 0 Å². The third kappa shape index (κ3) is 4.95. The lowest BCUT2D eigenvalue weighted by molar-refractivity contribution is 0.0435. The number of nitrogens with zero attached hydrogens (tertiary/aromatic N) is 2. The van der Waals surface area contributed by atoms with Gasteiger partial charge in [0.15, 0.2) is 0 Å². The summed E-state index contributed by atoms with van der Waals surface area (Å²) >= 11 is 0. The maximum absolute atomic E-state index is 12.4. The molecular weight excluding hydrogens is 314 g/mol. The molecule has 2 unspecified atom stereocenters. The number of urea groups is 1. The number of carbonyl (C=O) groups excluding carboxylic acids is 1. The minimum atomic E-state index is -0.411. The number of aliphatic hydroxyl groups is 1. The lowest BCUT2D eigenvalue weighted by Gasteiger charge is -2.34. The Kier molecular flexibility index (Phi) is 6.32. The van der Waals surface area contributed by atoms with E-state index in [4.69, 9.17) is 0 Å². The fourth-order valence-corrected chi connectivity index (χ4v) is 3.76. The van der Waals surface area contributed by atoms with Gasteiger partial charge in [-0.3, -0.25) is 4.90 Å².